The molecule has 0 radical (unpaired) electrons. The second-order valence-corrected chi connectivity index (χ2v) is 4.75. The van der Waals surface area contributed by atoms with Crippen LogP contribution in [0.2, 0.25) is 0 Å². The predicted molar refractivity (Wildman–Crippen MR) is 68.7 cm³/mol. The fourth-order valence-corrected chi connectivity index (χ4v) is 1.89. The van der Waals surface area contributed by atoms with E-state index in [1.807, 2.05) is 30.1 Å². The van der Waals surface area contributed by atoms with Crippen LogP contribution < -0.4 is 5.32 Å². The minimum atomic E-state index is 0.190. The normalized spacial score (nSPS) is 16.6. The van der Waals surface area contributed by atoms with Gasteiger partial charge in [-0.15, -0.1) is 0 Å². The zero-order chi connectivity index (χ0) is 12.3. The van der Waals surface area contributed by atoms with E-state index >= 15 is 0 Å². The van der Waals surface area contributed by atoms with Crippen LogP contribution in [-0.4, -0.2) is 30.4 Å². The largest absolute Gasteiger partial charge is 0.342 e. The average Bonchev–Trinajstić information content (AvgIpc) is 3.20. The zero-order valence-electron chi connectivity index (χ0n) is 10.5. The predicted octanol–water partition coefficient (Wildman–Crippen LogP) is 1.96. The van der Waals surface area contributed by atoms with Gasteiger partial charge in [0.25, 0.3) is 0 Å². The van der Waals surface area contributed by atoms with Crippen molar-refractivity contribution < 1.29 is 4.79 Å². The molecule has 1 aromatic carbocycles. The smallest absolute Gasteiger partial charge is 0.236 e. The molecule has 0 spiro atoms. The van der Waals surface area contributed by atoms with Crippen molar-refractivity contribution in [1.82, 2.24) is 10.2 Å². The number of likely N-dealkylation sites (N-methyl/N-ethyl adjacent to an activating group) is 1. The van der Waals surface area contributed by atoms with Gasteiger partial charge in [-0.3, -0.25) is 4.79 Å². The van der Waals surface area contributed by atoms with Gasteiger partial charge in [-0.05, 0) is 25.3 Å². The maximum atomic E-state index is 11.8. The Labute approximate surface area is 103 Å². The molecule has 3 nitrogen and oxygen atoms in total. The molecule has 17 heavy (non-hydrogen) atoms. The highest BCUT2D eigenvalue weighted by atomic mass is 16.2. The number of carbonyl (C=O) groups excluding carboxylic acids is 1. The molecule has 92 valence electrons. The van der Waals surface area contributed by atoms with Crippen LogP contribution in [0.3, 0.4) is 0 Å². The molecule has 0 aromatic heterocycles. The summed E-state index contributed by atoms with van der Waals surface area (Å²) in [6, 6.07) is 10.9. The van der Waals surface area contributed by atoms with E-state index in [1.54, 1.807) is 0 Å². The zero-order valence-corrected chi connectivity index (χ0v) is 10.5. The highest BCUT2D eigenvalue weighted by molar-refractivity contribution is 5.78. The quantitative estimate of drug-likeness (QED) is 0.841. The SMILES string of the molecule is C[C@@H](NCC(=O)N(C)C1CC1)c1ccccc1. The summed E-state index contributed by atoms with van der Waals surface area (Å²) >= 11 is 0. The average molecular weight is 232 g/mol. The fraction of sp³-hybridized carbons (Fsp3) is 0.500. The van der Waals surface area contributed by atoms with Crippen molar-refractivity contribution in [2.75, 3.05) is 13.6 Å². The van der Waals surface area contributed by atoms with E-state index in [-0.39, 0.29) is 11.9 Å². The number of rotatable bonds is 5. The van der Waals surface area contributed by atoms with Crippen LogP contribution in [0.1, 0.15) is 31.4 Å². The molecule has 0 heterocycles. The highest BCUT2D eigenvalue weighted by Gasteiger charge is 2.29. The Hall–Kier alpha value is -1.35. The molecule has 1 aromatic rings. The number of nitrogens with zero attached hydrogens (tertiary/aromatic N) is 1. The number of hydrogen-bond acceptors (Lipinski definition) is 2. The van der Waals surface area contributed by atoms with E-state index in [2.05, 4.69) is 24.4 Å². The molecule has 0 saturated heterocycles. The van der Waals surface area contributed by atoms with Crippen LogP contribution in [0.4, 0.5) is 0 Å². The molecule has 1 atom stereocenters. The van der Waals surface area contributed by atoms with Crippen molar-refractivity contribution in [2.45, 2.75) is 31.8 Å². The maximum Gasteiger partial charge on any atom is 0.236 e. The van der Waals surface area contributed by atoms with Gasteiger partial charge in [-0.25, -0.2) is 0 Å². The van der Waals surface area contributed by atoms with Gasteiger partial charge < -0.3 is 10.2 Å². The molecule has 1 amide bonds. The Morgan fingerprint density at radius 2 is 2.06 bits per heavy atom. The summed E-state index contributed by atoms with van der Waals surface area (Å²) in [5.41, 5.74) is 1.22. The molecule has 0 bridgehead atoms. The number of benzene rings is 1. The minimum Gasteiger partial charge on any atom is -0.342 e. The van der Waals surface area contributed by atoms with E-state index in [0.717, 1.165) is 12.8 Å². The minimum absolute atomic E-state index is 0.190. The van der Waals surface area contributed by atoms with E-state index in [1.165, 1.54) is 5.56 Å². The van der Waals surface area contributed by atoms with Crippen LogP contribution in [-0.2, 0) is 4.79 Å². The van der Waals surface area contributed by atoms with Crippen LogP contribution in [0.15, 0.2) is 30.3 Å². The number of carbonyl (C=O) groups is 1. The van der Waals surface area contributed by atoms with Gasteiger partial charge in [-0.2, -0.15) is 0 Å². The van der Waals surface area contributed by atoms with Crippen LogP contribution in [0.25, 0.3) is 0 Å². The highest BCUT2D eigenvalue weighted by Crippen LogP contribution is 2.25. The van der Waals surface area contributed by atoms with Crippen molar-refractivity contribution in [3.05, 3.63) is 35.9 Å². The van der Waals surface area contributed by atoms with Gasteiger partial charge in [-0.1, -0.05) is 30.3 Å². The molecule has 2 rings (SSSR count). The molecular weight excluding hydrogens is 212 g/mol. The molecule has 1 fully saturated rings. The Morgan fingerprint density at radius 3 is 2.65 bits per heavy atom. The lowest BCUT2D eigenvalue weighted by molar-refractivity contribution is -0.129. The van der Waals surface area contributed by atoms with Gasteiger partial charge in [0.15, 0.2) is 0 Å². The first-order valence-electron chi connectivity index (χ1n) is 6.22. The second-order valence-electron chi connectivity index (χ2n) is 4.75. The monoisotopic (exact) mass is 232 g/mol. The standard InChI is InChI=1S/C14H20N2O/c1-11(12-6-4-3-5-7-12)15-10-14(17)16(2)13-8-9-13/h3-7,11,13,15H,8-10H2,1-2H3/t11-/m1/s1. The van der Waals surface area contributed by atoms with Crippen LogP contribution >= 0.6 is 0 Å². The lowest BCUT2D eigenvalue weighted by Gasteiger charge is -2.19. The van der Waals surface area contributed by atoms with Crippen LogP contribution in [0, 0.1) is 0 Å². The number of hydrogen-bond donors (Lipinski definition) is 1. The number of nitrogens with one attached hydrogen (secondary N) is 1. The Balaban J connectivity index is 1.79. The maximum absolute atomic E-state index is 11.8. The van der Waals surface area contributed by atoms with Crippen molar-refractivity contribution in [3.8, 4) is 0 Å². The molecule has 1 aliphatic carbocycles. The summed E-state index contributed by atoms with van der Waals surface area (Å²) < 4.78 is 0. The lowest BCUT2D eigenvalue weighted by Crippen LogP contribution is -2.37. The van der Waals surface area contributed by atoms with Gasteiger partial charge in [0, 0.05) is 19.1 Å². The fourth-order valence-electron chi connectivity index (χ4n) is 1.89. The summed E-state index contributed by atoms with van der Waals surface area (Å²) in [7, 11) is 1.90. The third kappa shape index (κ3) is 3.30. The molecule has 0 aliphatic heterocycles. The topological polar surface area (TPSA) is 32.3 Å². The van der Waals surface area contributed by atoms with E-state index in [0.29, 0.717) is 12.6 Å². The van der Waals surface area contributed by atoms with Crippen molar-refractivity contribution in [2.24, 2.45) is 0 Å². The van der Waals surface area contributed by atoms with E-state index in [9.17, 15) is 4.79 Å². The molecule has 1 saturated carbocycles. The Bertz CT molecular complexity index is 373. The third-order valence-electron chi connectivity index (χ3n) is 3.35. The summed E-state index contributed by atoms with van der Waals surface area (Å²) in [5.74, 6) is 0.190. The van der Waals surface area contributed by atoms with E-state index in [4.69, 9.17) is 0 Å². The van der Waals surface area contributed by atoms with E-state index < -0.39 is 0 Å². The Morgan fingerprint density at radius 1 is 1.41 bits per heavy atom. The second kappa shape index (κ2) is 5.32. The number of amides is 1. The molecule has 1 N–H and O–H groups in total. The van der Waals surface area contributed by atoms with Gasteiger partial charge in [0.05, 0.1) is 6.54 Å². The van der Waals surface area contributed by atoms with Gasteiger partial charge in [0.1, 0.15) is 0 Å². The Kier molecular flexibility index (Phi) is 3.79. The first kappa shape index (κ1) is 12.1. The van der Waals surface area contributed by atoms with Crippen LogP contribution in [0.5, 0.6) is 0 Å². The molecule has 0 unspecified atom stereocenters. The van der Waals surface area contributed by atoms with Gasteiger partial charge >= 0.3 is 0 Å². The lowest BCUT2D eigenvalue weighted by atomic mass is 10.1. The first-order chi connectivity index (χ1) is 8.18. The third-order valence-corrected chi connectivity index (χ3v) is 3.35. The summed E-state index contributed by atoms with van der Waals surface area (Å²) in [5, 5.41) is 3.27. The summed E-state index contributed by atoms with van der Waals surface area (Å²) in [6.45, 7) is 2.50. The summed E-state index contributed by atoms with van der Waals surface area (Å²) in [6.07, 6.45) is 2.33. The van der Waals surface area contributed by atoms with Crippen molar-refractivity contribution >= 4 is 5.91 Å². The molecule has 3 heteroatoms. The van der Waals surface area contributed by atoms with Crippen molar-refractivity contribution in [3.63, 3.8) is 0 Å². The molecular formula is C14H20N2O. The first-order valence-corrected chi connectivity index (χ1v) is 6.22. The summed E-state index contributed by atoms with van der Waals surface area (Å²) in [4.78, 5) is 13.7. The van der Waals surface area contributed by atoms with Gasteiger partial charge in [0.2, 0.25) is 5.91 Å². The van der Waals surface area contributed by atoms with Crippen molar-refractivity contribution in [1.29, 1.82) is 0 Å². The molecule has 1 aliphatic rings.